The molecule has 0 aliphatic carbocycles. The average molecular weight is 366 g/mol. The van der Waals surface area contributed by atoms with Gasteiger partial charge in [0.25, 0.3) is 0 Å². The highest BCUT2D eigenvalue weighted by molar-refractivity contribution is 5.63. The zero-order valence-corrected chi connectivity index (χ0v) is 15.8. The maximum absolute atomic E-state index is 14.1. The molecule has 3 rings (SSSR count). The quantitative estimate of drug-likeness (QED) is 0.451. The van der Waals surface area contributed by atoms with Crippen LogP contribution in [0.2, 0.25) is 0 Å². The van der Waals surface area contributed by atoms with Gasteiger partial charge in [-0.15, -0.1) is 0 Å². The van der Waals surface area contributed by atoms with E-state index in [1.807, 2.05) is 31.2 Å². The summed E-state index contributed by atoms with van der Waals surface area (Å²) in [6.07, 6.45) is 2.31. The third kappa shape index (κ3) is 4.54. The van der Waals surface area contributed by atoms with E-state index < -0.39 is 11.6 Å². The van der Waals surface area contributed by atoms with Crippen LogP contribution >= 0.6 is 0 Å². The molecule has 0 saturated carbocycles. The van der Waals surface area contributed by atoms with Crippen LogP contribution in [0.5, 0.6) is 5.75 Å². The summed E-state index contributed by atoms with van der Waals surface area (Å²) >= 11 is 0. The summed E-state index contributed by atoms with van der Waals surface area (Å²) in [5, 5.41) is 0. The molecule has 0 heterocycles. The Labute approximate surface area is 159 Å². The lowest BCUT2D eigenvalue weighted by molar-refractivity contribution is 0.284. The van der Waals surface area contributed by atoms with Gasteiger partial charge < -0.3 is 4.74 Å². The Kier molecular flexibility index (Phi) is 6.23. The van der Waals surface area contributed by atoms with Gasteiger partial charge in [-0.25, -0.2) is 4.39 Å². The lowest BCUT2D eigenvalue weighted by atomic mass is 10.0. The van der Waals surface area contributed by atoms with Crippen LogP contribution in [0.15, 0.2) is 60.7 Å². The van der Waals surface area contributed by atoms with Crippen molar-refractivity contribution >= 4 is 0 Å². The summed E-state index contributed by atoms with van der Waals surface area (Å²) in [6.45, 7) is 4.26. The first kappa shape index (κ1) is 19.1. The predicted molar refractivity (Wildman–Crippen MR) is 106 cm³/mol. The fourth-order valence-corrected chi connectivity index (χ4v) is 3.03. The molecule has 140 valence electrons. The van der Waals surface area contributed by atoms with Gasteiger partial charge in [-0.05, 0) is 46.7 Å². The van der Waals surface area contributed by atoms with Crippen molar-refractivity contribution in [3.05, 3.63) is 89.0 Å². The van der Waals surface area contributed by atoms with E-state index in [2.05, 4.69) is 31.2 Å². The standard InChI is InChI=1S/C24H24F2O/c1-3-5-21-14-15-22(24(26)23(21)25)27-16-18-8-12-20(13-9-18)19-10-6-17(4-2)7-11-19/h6-15H,3-5,16H2,1-2H3. The predicted octanol–water partition coefficient (Wildman–Crippen LogP) is 6.73. The maximum Gasteiger partial charge on any atom is 0.200 e. The number of rotatable bonds is 7. The van der Waals surface area contributed by atoms with E-state index in [1.54, 1.807) is 6.07 Å². The number of hydrogen-bond acceptors (Lipinski definition) is 1. The lowest BCUT2D eigenvalue weighted by Gasteiger charge is -2.11. The van der Waals surface area contributed by atoms with Crippen LogP contribution in [0.4, 0.5) is 8.78 Å². The van der Waals surface area contributed by atoms with E-state index in [0.717, 1.165) is 29.5 Å². The van der Waals surface area contributed by atoms with Gasteiger partial charge in [0.2, 0.25) is 5.82 Å². The van der Waals surface area contributed by atoms with Crippen molar-refractivity contribution in [1.29, 1.82) is 0 Å². The third-order valence-electron chi connectivity index (χ3n) is 4.69. The smallest absolute Gasteiger partial charge is 0.200 e. The van der Waals surface area contributed by atoms with E-state index >= 15 is 0 Å². The number of aryl methyl sites for hydroxylation is 2. The van der Waals surface area contributed by atoms with Crippen molar-refractivity contribution in [2.45, 2.75) is 39.7 Å². The molecule has 0 N–H and O–H groups in total. The zero-order valence-electron chi connectivity index (χ0n) is 15.8. The van der Waals surface area contributed by atoms with Crippen molar-refractivity contribution in [2.75, 3.05) is 0 Å². The number of ether oxygens (including phenoxy) is 1. The van der Waals surface area contributed by atoms with Gasteiger partial charge in [0.15, 0.2) is 11.6 Å². The fraction of sp³-hybridized carbons (Fsp3) is 0.250. The highest BCUT2D eigenvalue weighted by Crippen LogP contribution is 2.25. The molecule has 0 unspecified atom stereocenters. The Balaban J connectivity index is 1.67. The van der Waals surface area contributed by atoms with E-state index in [-0.39, 0.29) is 12.4 Å². The number of benzene rings is 3. The van der Waals surface area contributed by atoms with E-state index in [0.29, 0.717) is 12.0 Å². The summed E-state index contributed by atoms with van der Waals surface area (Å²) in [6, 6.07) is 19.5. The van der Waals surface area contributed by atoms with Crippen LogP contribution in [-0.4, -0.2) is 0 Å². The molecule has 0 atom stereocenters. The van der Waals surface area contributed by atoms with E-state index in [9.17, 15) is 8.78 Å². The minimum Gasteiger partial charge on any atom is -0.486 e. The highest BCUT2D eigenvalue weighted by Gasteiger charge is 2.14. The highest BCUT2D eigenvalue weighted by atomic mass is 19.2. The topological polar surface area (TPSA) is 9.23 Å². The molecule has 0 amide bonds. The molecule has 0 aliphatic heterocycles. The zero-order chi connectivity index (χ0) is 19.2. The molecule has 0 aliphatic rings. The summed E-state index contributed by atoms with van der Waals surface area (Å²) in [5.74, 6) is -1.76. The van der Waals surface area contributed by atoms with Crippen molar-refractivity contribution in [2.24, 2.45) is 0 Å². The average Bonchev–Trinajstić information content (AvgIpc) is 2.71. The molecule has 0 fully saturated rings. The maximum atomic E-state index is 14.1. The van der Waals surface area contributed by atoms with Gasteiger partial charge in [0.1, 0.15) is 6.61 Å². The van der Waals surface area contributed by atoms with Gasteiger partial charge in [-0.2, -0.15) is 4.39 Å². The van der Waals surface area contributed by atoms with Crippen molar-refractivity contribution < 1.29 is 13.5 Å². The Morgan fingerprint density at radius 3 is 1.85 bits per heavy atom. The molecule has 3 aromatic carbocycles. The van der Waals surface area contributed by atoms with E-state index in [1.165, 1.54) is 11.6 Å². The molecule has 27 heavy (non-hydrogen) atoms. The van der Waals surface area contributed by atoms with Crippen LogP contribution < -0.4 is 4.74 Å². The molecule has 3 aromatic rings. The Bertz CT molecular complexity index is 884. The van der Waals surface area contributed by atoms with E-state index in [4.69, 9.17) is 4.74 Å². The third-order valence-corrected chi connectivity index (χ3v) is 4.69. The van der Waals surface area contributed by atoms with Gasteiger partial charge in [-0.1, -0.05) is 74.9 Å². The second-order valence-electron chi connectivity index (χ2n) is 6.64. The number of hydrogen-bond donors (Lipinski definition) is 0. The first-order valence-corrected chi connectivity index (χ1v) is 9.40. The molecule has 0 bridgehead atoms. The summed E-state index contributed by atoms with van der Waals surface area (Å²) in [7, 11) is 0. The van der Waals surface area contributed by atoms with Crippen LogP contribution in [0.1, 0.15) is 37.0 Å². The molecule has 0 spiro atoms. The van der Waals surface area contributed by atoms with Crippen molar-refractivity contribution in [3.63, 3.8) is 0 Å². The molecule has 3 heteroatoms. The summed E-state index contributed by atoms with van der Waals surface area (Å²) in [5.41, 5.74) is 4.87. The Morgan fingerprint density at radius 1 is 0.704 bits per heavy atom. The summed E-state index contributed by atoms with van der Waals surface area (Å²) < 4.78 is 33.6. The molecular formula is C24H24F2O. The van der Waals surface area contributed by atoms with Gasteiger partial charge in [-0.3, -0.25) is 0 Å². The van der Waals surface area contributed by atoms with Crippen molar-refractivity contribution in [3.8, 4) is 16.9 Å². The Hall–Kier alpha value is -2.68. The second-order valence-corrected chi connectivity index (χ2v) is 6.64. The normalized spacial score (nSPS) is 10.8. The molecule has 0 saturated heterocycles. The minimum atomic E-state index is -0.909. The number of halogens is 2. The molecule has 0 radical (unpaired) electrons. The molecule has 0 aromatic heterocycles. The fourth-order valence-electron chi connectivity index (χ4n) is 3.03. The van der Waals surface area contributed by atoms with Crippen LogP contribution in [0.3, 0.4) is 0 Å². The Morgan fingerprint density at radius 2 is 1.30 bits per heavy atom. The largest absolute Gasteiger partial charge is 0.486 e. The van der Waals surface area contributed by atoms with Gasteiger partial charge in [0, 0.05) is 0 Å². The summed E-state index contributed by atoms with van der Waals surface area (Å²) in [4.78, 5) is 0. The first-order valence-electron chi connectivity index (χ1n) is 9.40. The van der Waals surface area contributed by atoms with Gasteiger partial charge >= 0.3 is 0 Å². The van der Waals surface area contributed by atoms with Crippen LogP contribution in [0, 0.1) is 11.6 Å². The van der Waals surface area contributed by atoms with Crippen molar-refractivity contribution in [1.82, 2.24) is 0 Å². The van der Waals surface area contributed by atoms with Crippen LogP contribution in [0.25, 0.3) is 11.1 Å². The first-order chi connectivity index (χ1) is 13.1. The monoisotopic (exact) mass is 366 g/mol. The van der Waals surface area contributed by atoms with Gasteiger partial charge in [0.05, 0.1) is 0 Å². The molecular weight excluding hydrogens is 342 g/mol. The van der Waals surface area contributed by atoms with Crippen LogP contribution in [-0.2, 0) is 19.4 Å². The minimum absolute atomic E-state index is 0.0495. The second kappa shape index (κ2) is 8.81. The lowest BCUT2D eigenvalue weighted by Crippen LogP contribution is -2.01. The molecule has 1 nitrogen and oxygen atoms in total. The SMILES string of the molecule is CCCc1ccc(OCc2ccc(-c3ccc(CC)cc3)cc2)c(F)c1F.